The molecule has 0 unspecified atom stereocenters. The van der Waals surface area contributed by atoms with Crippen molar-refractivity contribution in [2.24, 2.45) is 0 Å². The number of para-hydroxylation sites is 2. The van der Waals surface area contributed by atoms with Crippen molar-refractivity contribution in [3.05, 3.63) is 48.5 Å². The summed E-state index contributed by atoms with van der Waals surface area (Å²) in [5, 5.41) is 0. The summed E-state index contributed by atoms with van der Waals surface area (Å²) in [6, 6.07) is 17.4. The molecular formula is C17H22ClN2NaS. The molecule has 1 aliphatic heterocycles. The van der Waals surface area contributed by atoms with Gasteiger partial charge >= 0.3 is 31.0 Å². The second-order valence-corrected chi connectivity index (χ2v) is 6.43. The van der Waals surface area contributed by atoms with E-state index in [0.29, 0.717) is 0 Å². The summed E-state index contributed by atoms with van der Waals surface area (Å²) in [4.78, 5) is 7.42. The molecule has 1 aliphatic rings. The van der Waals surface area contributed by atoms with Crippen molar-refractivity contribution in [2.45, 2.75) is 16.2 Å². The molecule has 114 valence electrons. The summed E-state index contributed by atoms with van der Waals surface area (Å²) >= 11 is 1.87. The SMILES string of the molecule is CN(C)CCCN1c2ccccc2Sc2ccccc21.[Cl-].[H+].[H-].[Na+]. The van der Waals surface area contributed by atoms with Gasteiger partial charge in [0.05, 0.1) is 11.4 Å². The molecule has 0 atom stereocenters. The van der Waals surface area contributed by atoms with Gasteiger partial charge in [-0.25, -0.2) is 0 Å². The third kappa shape index (κ3) is 4.44. The topological polar surface area (TPSA) is 6.48 Å². The largest absolute Gasteiger partial charge is 1.00 e. The Morgan fingerprint density at radius 2 is 1.50 bits per heavy atom. The number of halogens is 1. The van der Waals surface area contributed by atoms with Crippen LogP contribution in [0.3, 0.4) is 0 Å². The van der Waals surface area contributed by atoms with Gasteiger partial charge in [0.1, 0.15) is 0 Å². The van der Waals surface area contributed by atoms with Crippen LogP contribution in [-0.4, -0.2) is 32.1 Å². The minimum Gasteiger partial charge on any atom is -1.00 e. The van der Waals surface area contributed by atoms with Crippen molar-refractivity contribution in [1.29, 1.82) is 0 Å². The molecule has 22 heavy (non-hydrogen) atoms. The van der Waals surface area contributed by atoms with Gasteiger partial charge in [-0.15, -0.1) is 0 Å². The fourth-order valence-electron chi connectivity index (χ4n) is 2.57. The molecule has 2 aromatic rings. The van der Waals surface area contributed by atoms with Gasteiger partial charge in [-0.2, -0.15) is 0 Å². The maximum atomic E-state index is 2.46. The molecule has 0 bridgehead atoms. The average Bonchev–Trinajstić information content (AvgIpc) is 2.46. The fraction of sp³-hybridized carbons (Fsp3) is 0.294. The smallest absolute Gasteiger partial charge is 1.00 e. The van der Waals surface area contributed by atoms with Gasteiger partial charge in [0.2, 0.25) is 0 Å². The molecule has 3 rings (SSSR count). The summed E-state index contributed by atoms with van der Waals surface area (Å²) in [7, 11) is 4.27. The van der Waals surface area contributed by atoms with E-state index >= 15 is 0 Å². The Morgan fingerprint density at radius 3 is 2.00 bits per heavy atom. The molecule has 0 saturated carbocycles. The third-order valence-electron chi connectivity index (χ3n) is 3.52. The molecule has 0 spiro atoms. The zero-order chi connectivity index (χ0) is 13.9. The molecular weight excluding hydrogens is 323 g/mol. The fourth-order valence-corrected chi connectivity index (χ4v) is 3.66. The van der Waals surface area contributed by atoms with Gasteiger partial charge < -0.3 is 23.6 Å². The Bertz CT molecular complexity index is 571. The van der Waals surface area contributed by atoms with Gasteiger partial charge in [0.15, 0.2) is 0 Å². The molecule has 0 aliphatic carbocycles. The van der Waals surface area contributed by atoms with Crippen LogP contribution in [0.2, 0.25) is 0 Å². The number of benzene rings is 2. The van der Waals surface area contributed by atoms with Gasteiger partial charge in [-0.3, -0.25) is 0 Å². The summed E-state index contributed by atoms with van der Waals surface area (Å²) in [5.41, 5.74) is 2.69. The summed E-state index contributed by atoms with van der Waals surface area (Å²) in [5.74, 6) is 0. The van der Waals surface area contributed by atoms with Crippen LogP contribution < -0.4 is 46.9 Å². The average molecular weight is 345 g/mol. The monoisotopic (exact) mass is 344 g/mol. The van der Waals surface area contributed by atoms with E-state index in [1.54, 1.807) is 0 Å². The standard InChI is InChI=1S/C17H20N2S.ClH.Na.H/c1-18(2)12-7-13-19-14-8-3-5-10-16(14)20-17-11-6-4-9-15(17)19;;;/h3-6,8-11H,7,12-13H2,1-2H3;1H;;/q;;+1;-1. The predicted octanol–water partition coefficient (Wildman–Crippen LogP) is -1.53. The van der Waals surface area contributed by atoms with E-state index in [1.165, 1.54) is 27.6 Å². The van der Waals surface area contributed by atoms with E-state index in [2.05, 4.69) is 72.4 Å². The normalized spacial score (nSPS) is 12.0. The van der Waals surface area contributed by atoms with Crippen molar-refractivity contribution in [1.82, 2.24) is 4.90 Å². The van der Waals surface area contributed by atoms with Crippen LogP contribution in [-0.2, 0) is 0 Å². The van der Waals surface area contributed by atoms with Crippen molar-refractivity contribution in [2.75, 3.05) is 32.1 Å². The number of anilines is 2. The Balaban J connectivity index is 0. The van der Waals surface area contributed by atoms with Crippen LogP contribution in [0.4, 0.5) is 11.4 Å². The first kappa shape index (κ1) is 19.9. The van der Waals surface area contributed by atoms with Crippen LogP contribution in [0.25, 0.3) is 0 Å². The van der Waals surface area contributed by atoms with Crippen LogP contribution in [0, 0.1) is 0 Å². The first-order chi connectivity index (χ1) is 9.75. The first-order valence-corrected chi connectivity index (χ1v) is 7.85. The maximum Gasteiger partial charge on any atom is 1.00 e. The van der Waals surface area contributed by atoms with Gasteiger partial charge in [0.25, 0.3) is 0 Å². The molecule has 0 fully saturated rings. The van der Waals surface area contributed by atoms with Crippen LogP contribution in [0.1, 0.15) is 9.27 Å². The number of hydrogen-bond donors (Lipinski definition) is 0. The predicted molar refractivity (Wildman–Crippen MR) is 89.4 cm³/mol. The molecule has 2 aromatic carbocycles. The first-order valence-electron chi connectivity index (χ1n) is 7.04. The van der Waals surface area contributed by atoms with Crippen molar-refractivity contribution in [3.8, 4) is 0 Å². The quantitative estimate of drug-likeness (QED) is 0.622. The summed E-state index contributed by atoms with van der Waals surface area (Å²) in [6.07, 6.45) is 1.17. The Morgan fingerprint density at radius 1 is 1.00 bits per heavy atom. The molecule has 1 heterocycles. The Hall–Kier alpha value is -0.160. The van der Waals surface area contributed by atoms with E-state index in [9.17, 15) is 0 Å². The van der Waals surface area contributed by atoms with Crippen LogP contribution in [0.15, 0.2) is 58.3 Å². The van der Waals surface area contributed by atoms with Crippen molar-refractivity contribution < 1.29 is 44.8 Å². The second-order valence-electron chi connectivity index (χ2n) is 5.35. The molecule has 0 N–H and O–H groups in total. The molecule has 0 amide bonds. The number of hydrogen-bond acceptors (Lipinski definition) is 3. The summed E-state index contributed by atoms with van der Waals surface area (Å²) < 4.78 is 0. The molecule has 5 heteroatoms. The van der Waals surface area contributed by atoms with Crippen LogP contribution >= 0.6 is 11.8 Å². The van der Waals surface area contributed by atoms with E-state index in [0.717, 1.165) is 13.1 Å². The van der Waals surface area contributed by atoms with E-state index in [4.69, 9.17) is 0 Å². The Kier molecular flexibility index (Phi) is 8.33. The Labute approximate surface area is 168 Å². The number of fused-ring (bicyclic) bond motifs is 2. The van der Waals surface area contributed by atoms with E-state index in [-0.39, 0.29) is 44.8 Å². The van der Waals surface area contributed by atoms with Crippen molar-refractivity contribution >= 4 is 23.1 Å². The zero-order valence-corrected chi connectivity index (χ0v) is 17.0. The van der Waals surface area contributed by atoms with Gasteiger partial charge in [-0.05, 0) is 51.3 Å². The van der Waals surface area contributed by atoms with Crippen LogP contribution in [0.5, 0.6) is 0 Å². The van der Waals surface area contributed by atoms with Gasteiger partial charge in [-0.1, -0.05) is 36.0 Å². The maximum absolute atomic E-state index is 2.46. The van der Waals surface area contributed by atoms with E-state index < -0.39 is 0 Å². The molecule has 2 nitrogen and oxygen atoms in total. The molecule has 0 radical (unpaired) electrons. The molecule has 0 aromatic heterocycles. The summed E-state index contributed by atoms with van der Waals surface area (Å²) in [6.45, 7) is 2.18. The number of rotatable bonds is 4. The van der Waals surface area contributed by atoms with Gasteiger partial charge in [0, 0.05) is 16.3 Å². The van der Waals surface area contributed by atoms with E-state index in [1.807, 2.05) is 11.8 Å². The zero-order valence-electron chi connectivity index (χ0n) is 15.4. The van der Waals surface area contributed by atoms with Crippen molar-refractivity contribution in [3.63, 3.8) is 0 Å². The minimum absolute atomic E-state index is 0. The molecule has 0 saturated heterocycles. The number of nitrogens with zero attached hydrogens (tertiary/aromatic N) is 2. The third-order valence-corrected chi connectivity index (χ3v) is 4.65. The second kappa shape index (κ2) is 9.21. The minimum atomic E-state index is 0.